The molecule has 2 aromatic heterocycles. The van der Waals surface area contributed by atoms with E-state index in [1.807, 2.05) is 67.4 Å². The first-order valence-corrected chi connectivity index (χ1v) is 11.3. The van der Waals surface area contributed by atoms with Gasteiger partial charge in [-0.3, -0.25) is 14.1 Å². The molecule has 0 atom stereocenters. The molecule has 1 N–H and O–H groups in total. The van der Waals surface area contributed by atoms with Crippen LogP contribution >= 0.6 is 0 Å². The van der Waals surface area contributed by atoms with Gasteiger partial charge in [0.2, 0.25) is 0 Å². The number of fused-ring (bicyclic) bond motifs is 1. The molecule has 2 heterocycles. The molecule has 8 heteroatoms. The second-order valence-electron chi connectivity index (χ2n) is 7.70. The van der Waals surface area contributed by atoms with Gasteiger partial charge < -0.3 is 0 Å². The van der Waals surface area contributed by atoms with E-state index in [4.69, 9.17) is 0 Å². The van der Waals surface area contributed by atoms with Crippen molar-refractivity contribution in [1.82, 2.24) is 19.6 Å². The fourth-order valence-corrected chi connectivity index (χ4v) is 4.77. The number of sulfonamides is 1. The Balaban J connectivity index is 1.64. The highest BCUT2D eigenvalue weighted by molar-refractivity contribution is 7.92. The zero-order chi connectivity index (χ0) is 21.5. The lowest BCUT2D eigenvalue weighted by Crippen LogP contribution is -2.14. The molecular weight excluding hydrogens is 398 g/mol. The molecule has 0 saturated heterocycles. The van der Waals surface area contributed by atoms with Crippen LogP contribution in [0.3, 0.4) is 0 Å². The van der Waals surface area contributed by atoms with Crippen molar-refractivity contribution in [3.63, 3.8) is 0 Å². The van der Waals surface area contributed by atoms with Crippen LogP contribution < -0.4 is 4.72 Å². The fraction of sp³-hybridized carbons (Fsp3) is 0.273. The monoisotopic (exact) mass is 423 g/mol. The van der Waals surface area contributed by atoms with Gasteiger partial charge in [-0.2, -0.15) is 10.2 Å². The van der Waals surface area contributed by atoms with Crippen LogP contribution in [0.4, 0.5) is 5.69 Å². The highest BCUT2D eigenvalue weighted by atomic mass is 32.2. The molecule has 0 radical (unpaired) electrons. The van der Waals surface area contributed by atoms with Crippen molar-refractivity contribution in [2.75, 3.05) is 4.72 Å². The number of benzene rings is 2. The highest BCUT2D eigenvalue weighted by Crippen LogP contribution is 2.26. The summed E-state index contributed by atoms with van der Waals surface area (Å²) in [4.78, 5) is 0.202. The van der Waals surface area contributed by atoms with Gasteiger partial charge in [0.25, 0.3) is 10.0 Å². The van der Waals surface area contributed by atoms with Gasteiger partial charge in [0, 0.05) is 11.4 Å². The molecule has 4 aromatic rings. The van der Waals surface area contributed by atoms with Gasteiger partial charge >= 0.3 is 0 Å². The van der Waals surface area contributed by atoms with Crippen LogP contribution in [0.1, 0.15) is 36.8 Å². The van der Waals surface area contributed by atoms with Crippen LogP contribution in [-0.4, -0.2) is 28.0 Å². The van der Waals surface area contributed by atoms with Gasteiger partial charge in [-0.15, -0.1) is 0 Å². The third-order valence-corrected chi connectivity index (χ3v) is 6.51. The van der Waals surface area contributed by atoms with Crippen LogP contribution in [0.15, 0.2) is 59.6 Å². The third-order valence-electron chi connectivity index (χ3n) is 5.16. The summed E-state index contributed by atoms with van der Waals surface area (Å²) < 4.78 is 32.6. The maximum atomic E-state index is 13.1. The number of nitrogens with zero attached hydrogens (tertiary/aromatic N) is 4. The molecule has 0 spiro atoms. The number of aryl methyl sites for hydroxylation is 1. The van der Waals surface area contributed by atoms with E-state index in [1.165, 1.54) is 0 Å². The average molecular weight is 424 g/mol. The summed E-state index contributed by atoms with van der Waals surface area (Å²) in [6.45, 7) is 8.34. The molecule has 0 bridgehead atoms. The lowest BCUT2D eigenvalue weighted by molar-refractivity contribution is 0.551. The van der Waals surface area contributed by atoms with Crippen molar-refractivity contribution in [3.8, 4) is 0 Å². The molecule has 0 amide bonds. The maximum Gasteiger partial charge on any atom is 0.262 e. The average Bonchev–Trinajstić information content (AvgIpc) is 3.25. The Hall–Kier alpha value is -3.13. The zero-order valence-corrected chi connectivity index (χ0v) is 18.3. The normalized spacial score (nSPS) is 12.0. The summed E-state index contributed by atoms with van der Waals surface area (Å²) in [5, 5.41) is 9.69. The van der Waals surface area contributed by atoms with Crippen LogP contribution in [0.25, 0.3) is 10.9 Å². The molecule has 30 heavy (non-hydrogen) atoms. The van der Waals surface area contributed by atoms with Gasteiger partial charge in [-0.1, -0.05) is 30.3 Å². The molecule has 0 unspecified atom stereocenters. The van der Waals surface area contributed by atoms with E-state index in [-0.39, 0.29) is 10.9 Å². The Morgan fingerprint density at radius 2 is 1.80 bits per heavy atom. The molecule has 0 fully saturated rings. The van der Waals surface area contributed by atoms with Crippen molar-refractivity contribution in [1.29, 1.82) is 0 Å². The van der Waals surface area contributed by atoms with Gasteiger partial charge in [-0.05, 0) is 51.5 Å². The maximum absolute atomic E-state index is 13.1. The summed E-state index contributed by atoms with van der Waals surface area (Å²) in [6, 6.07) is 15.2. The second kappa shape index (κ2) is 7.60. The minimum Gasteiger partial charge on any atom is -0.276 e. The van der Waals surface area contributed by atoms with Gasteiger partial charge in [0.05, 0.1) is 40.2 Å². The first kappa shape index (κ1) is 20.2. The molecule has 7 nitrogen and oxygen atoms in total. The van der Waals surface area contributed by atoms with Crippen LogP contribution in [0.2, 0.25) is 0 Å². The SMILES string of the molecule is Cc1nn(Cc2ccccc2)c(C)c1NS(=O)(=O)c1ccc2c(cnn2C(C)C)c1. The highest BCUT2D eigenvalue weighted by Gasteiger charge is 2.21. The lowest BCUT2D eigenvalue weighted by Gasteiger charge is -2.10. The fourth-order valence-electron chi connectivity index (χ4n) is 3.56. The van der Waals surface area contributed by atoms with Crippen LogP contribution in [0.5, 0.6) is 0 Å². The smallest absolute Gasteiger partial charge is 0.262 e. The quantitative estimate of drug-likeness (QED) is 0.502. The Morgan fingerprint density at radius 1 is 1.07 bits per heavy atom. The predicted molar refractivity (Wildman–Crippen MR) is 118 cm³/mol. The molecule has 0 aliphatic heterocycles. The summed E-state index contributed by atoms with van der Waals surface area (Å²) in [5.74, 6) is 0. The number of nitrogens with one attached hydrogen (secondary N) is 1. The predicted octanol–water partition coefficient (Wildman–Crippen LogP) is 4.28. The largest absolute Gasteiger partial charge is 0.276 e. The summed E-state index contributed by atoms with van der Waals surface area (Å²) in [5.41, 5.74) is 3.94. The van der Waals surface area contributed by atoms with E-state index in [1.54, 1.807) is 24.4 Å². The standard InChI is InChI=1S/C22H25N5O2S/c1-15(2)27-21-11-10-20(12-19(21)13-23-27)30(28,29)25-22-16(3)24-26(17(22)4)14-18-8-6-5-7-9-18/h5-13,15,25H,14H2,1-4H3. The summed E-state index contributed by atoms with van der Waals surface area (Å²) >= 11 is 0. The third kappa shape index (κ3) is 3.70. The molecule has 156 valence electrons. The van der Waals surface area contributed by atoms with E-state index >= 15 is 0 Å². The van der Waals surface area contributed by atoms with Crippen molar-refractivity contribution >= 4 is 26.6 Å². The van der Waals surface area contributed by atoms with Gasteiger partial charge in [-0.25, -0.2) is 8.42 Å². The number of anilines is 1. The van der Waals surface area contributed by atoms with Crippen molar-refractivity contribution in [2.24, 2.45) is 0 Å². The molecular formula is C22H25N5O2S. The van der Waals surface area contributed by atoms with Gasteiger partial charge in [0.15, 0.2) is 0 Å². The topological polar surface area (TPSA) is 81.8 Å². The Morgan fingerprint density at radius 3 is 2.50 bits per heavy atom. The van der Waals surface area contributed by atoms with Crippen LogP contribution in [-0.2, 0) is 16.6 Å². The molecule has 4 rings (SSSR count). The number of hydrogen-bond acceptors (Lipinski definition) is 4. The second-order valence-corrected chi connectivity index (χ2v) is 9.38. The lowest BCUT2D eigenvalue weighted by atomic mass is 10.2. The zero-order valence-electron chi connectivity index (χ0n) is 17.5. The number of hydrogen-bond donors (Lipinski definition) is 1. The van der Waals surface area contributed by atoms with Crippen molar-refractivity contribution in [2.45, 2.75) is 45.2 Å². The van der Waals surface area contributed by atoms with Crippen LogP contribution in [0, 0.1) is 13.8 Å². The van der Waals surface area contributed by atoms with E-state index < -0.39 is 10.0 Å². The minimum atomic E-state index is -3.76. The van der Waals surface area contributed by atoms with Crippen molar-refractivity contribution in [3.05, 3.63) is 71.7 Å². The van der Waals surface area contributed by atoms with Gasteiger partial charge in [0.1, 0.15) is 0 Å². The Bertz CT molecular complexity index is 1300. The van der Waals surface area contributed by atoms with E-state index in [9.17, 15) is 8.42 Å². The Kier molecular flexibility index (Phi) is 5.11. The van der Waals surface area contributed by atoms with E-state index in [0.29, 0.717) is 17.9 Å². The number of aromatic nitrogens is 4. The molecule has 0 aliphatic rings. The summed E-state index contributed by atoms with van der Waals surface area (Å²) in [7, 11) is -3.76. The number of rotatable bonds is 6. The first-order valence-electron chi connectivity index (χ1n) is 9.84. The van der Waals surface area contributed by atoms with E-state index in [0.717, 1.165) is 22.2 Å². The Labute approximate surface area is 176 Å². The molecule has 0 saturated carbocycles. The van der Waals surface area contributed by atoms with Crippen molar-refractivity contribution < 1.29 is 8.42 Å². The summed E-state index contributed by atoms with van der Waals surface area (Å²) in [6.07, 6.45) is 1.70. The van der Waals surface area contributed by atoms with E-state index in [2.05, 4.69) is 14.9 Å². The molecule has 0 aliphatic carbocycles. The first-order chi connectivity index (χ1) is 14.3. The molecule has 2 aromatic carbocycles. The minimum absolute atomic E-state index is 0.198.